The summed E-state index contributed by atoms with van der Waals surface area (Å²) >= 11 is 1.34. The van der Waals surface area contributed by atoms with Crippen molar-refractivity contribution in [3.63, 3.8) is 0 Å². The average molecular weight is 315 g/mol. The molecule has 0 atom stereocenters. The van der Waals surface area contributed by atoms with Gasteiger partial charge in [0.25, 0.3) is 5.91 Å². The van der Waals surface area contributed by atoms with E-state index in [1.165, 1.54) is 11.3 Å². The Bertz CT molecular complexity index is 892. The number of fused-ring (bicyclic) bond motifs is 3. The molecule has 2 heterocycles. The molecule has 0 bridgehead atoms. The summed E-state index contributed by atoms with van der Waals surface area (Å²) in [7, 11) is 0. The molecule has 3 rings (SSSR count). The van der Waals surface area contributed by atoms with Crippen LogP contribution in [-0.4, -0.2) is 12.5 Å². The number of benzene rings is 1. The number of amides is 1. The zero-order chi connectivity index (χ0) is 15.7. The maximum absolute atomic E-state index is 12.2. The van der Waals surface area contributed by atoms with Crippen molar-refractivity contribution >= 4 is 38.3 Å². The minimum Gasteiger partial charge on any atom is -0.422 e. The topological polar surface area (TPSA) is 59.3 Å². The predicted octanol–water partition coefficient (Wildman–Crippen LogP) is 3.78. The normalized spacial score (nSPS) is 11.4. The number of carbonyl (C=O) groups excluding carboxylic acids is 1. The van der Waals surface area contributed by atoms with Crippen molar-refractivity contribution in [2.24, 2.45) is 5.92 Å². The minimum absolute atomic E-state index is 0.134. The van der Waals surface area contributed by atoms with Crippen molar-refractivity contribution in [2.75, 3.05) is 6.54 Å². The van der Waals surface area contributed by atoms with Gasteiger partial charge in [0.2, 0.25) is 0 Å². The number of hydrogen-bond acceptors (Lipinski definition) is 4. The molecule has 4 nitrogen and oxygen atoms in total. The lowest BCUT2D eigenvalue weighted by Crippen LogP contribution is -2.24. The Balaban J connectivity index is 1.99. The molecule has 0 saturated carbocycles. The maximum atomic E-state index is 12.2. The summed E-state index contributed by atoms with van der Waals surface area (Å²) in [5.41, 5.74) is 0.153. The fourth-order valence-corrected chi connectivity index (χ4v) is 3.41. The van der Waals surface area contributed by atoms with Crippen LogP contribution in [0.25, 0.3) is 21.1 Å². The van der Waals surface area contributed by atoms with Gasteiger partial charge in [0, 0.05) is 11.9 Å². The molecule has 1 N–H and O–H groups in total. The molecule has 0 fully saturated rings. The fourth-order valence-electron chi connectivity index (χ4n) is 2.31. The number of carbonyl (C=O) groups is 1. The van der Waals surface area contributed by atoms with E-state index in [-0.39, 0.29) is 5.91 Å². The highest BCUT2D eigenvalue weighted by Crippen LogP contribution is 2.30. The third kappa shape index (κ3) is 2.76. The molecule has 0 saturated heterocycles. The first-order valence-electron chi connectivity index (χ1n) is 7.30. The number of thiophene rings is 1. The molecule has 1 aromatic carbocycles. The first-order chi connectivity index (χ1) is 10.6. The second-order valence-corrected chi connectivity index (χ2v) is 6.73. The van der Waals surface area contributed by atoms with Crippen molar-refractivity contribution in [1.82, 2.24) is 5.32 Å². The number of nitrogens with one attached hydrogen (secondary N) is 1. The minimum atomic E-state index is -0.397. The van der Waals surface area contributed by atoms with E-state index in [0.29, 0.717) is 28.3 Å². The highest BCUT2D eigenvalue weighted by atomic mass is 32.1. The molecule has 3 aromatic rings. The third-order valence-electron chi connectivity index (χ3n) is 3.52. The van der Waals surface area contributed by atoms with Crippen molar-refractivity contribution in [3.8, 4) is 0 Å². The van der Waals surface area contributed by atoms with Crippen LogP contribution in [-0.2, 0) is 0 Å². The molecule has 1 amide bonds. The molecule has 0 spiro atoms. The second-order valence-electron chi connectivity index (χ2n) is 5.68. The Labute approximate surface area is 131 Å². The summed E-state index contributed by atoms with van der Waals surface area (Å²) in [6, 6.07) is 9.01. The van der Waals surface area contributed by atoms with Gasteiger partial charge >= 0.3 is 5.63 Å². The van der Waals surface area contributed by atoms with Crippen LogP contribution in [0.5, 0.6) is 0 Å². The summed E-state index contributed by atoms with van der Waals surface area (Å²) in [6.07, 6.45) is 0.932. The molecule has 22 heavy (non-hydrogen) atoms. The number of rotatable bonds is 4. The van der Waals surface area contributed by atoms with Crippen LogP contribution in [0.1, 0.15) is 29.9 Å². The lowest BCUT2D eigenvalue weighted by molar-refractivity contribution is 0.0956. The highest BCUT2D eigenvalue weighted by Gasteiger charge is 2.15. The molecule has 0 unspecified atom stereocenters. The largest absolute Gasteiger partial charge is 0.422 e. The SMILES string of the molecule is CC(C)CCNC(=O)c1cc2c(=O)oc3ccccc3c2s1. The maximum Gasteiger partial charge on any atom is 0.345 e. The standard InChI is InChI=1S/C17H17NO3S/c1-10(2)7-8-18-16(19)14-9-12-15(22-14)11-5-3-4-6-13(11)21-17(12)20/h3-6,9-10H,7-8H2,1-2H3,(H,18,19). The van der Waals surface area contributed by atoms with Crippen LogP contribution in [0.3, 0.4) is 0 Å². The van der Waals surface area contributed by atoms with Gasteiger partial charge in [-0.25, -0.2) is 4.79 Å². The summed E-state index contributed by atoms with van der Waals surface area (Å²) in [4.78, 5) is 24.8. The molecule has 0 aliphatic carbocycles. The van der Waals surface area contributed by atoms with E-state index >= 15 is 0 Å². The van der Waals surface area contributed by atoms with E-state index < -0.39 is 5.63 Å². The van der Waals surface area contributed by atoms with Gasteiger partial charge in [-0.3, -0.25) is 4.79 Å². The van der Waals surface area contributed by atoms with Crippen molar-refractivity contribution in [2.45, 2.75) is 20.3 Å². The van der Waals surface area contributed by atoms with Crippen LogP contribution in [0, 0.1) is 5.92 Å². The zero-order valence-electron chi connectivity index (χ0n) is 12.5. The van der Waals surface area contributed by atoms with Crippen molar-refractivity contribution in [1.29, 1.82) is 0 Å². The van der Waals surface area contributed by atoms with Crippen molar-refractivity contribution in [3.05, 3.63) is 45.6 Å². The second kappa shape index (κ2) is 5.93. The van der Waals surface area contributed by atoms with Gasteiger partial charge in [-0.15, -0.1) is 11.3 Å². The van der Waals surface area contributed by atoms with Crippen LogP contribution >= 0.6 is 11.3 Å². The van der Waals surface area contributed by atoms with Crippen LogP contribution in [0.15, 0.2) is 39.5 Å². The summed E-state index contributed by atoms with van der Waals surface area (Å²) < 4.78 is 6.11. The van der Waals surface area contributed by atoms with E-state index in [9.17, 15) is 9.59 Å². The molecule has 2 aromatic heterocycles. The monoisotopic (exact) mass is 315 g/mol. The Morgan fingerprint density at radius 2 is 2.05 bits per heavy atom. The summed E-state index contributed by atoms with van der Waals surface area (Å²) in [5, 5.41) is 4.23. The Kier molecular flexibility index (Phi) is 3.98. The molecule has 0 aliphatic heterocycles. The van der Waals surface area contributed by atoms with Crippen LogP contribution in [0.2, 0.25) is 0 Å². The predicted molar refractivity (Wildman–Crippen MR) is 89.7 cm³/mol. The number of hydrogen-bond donors (Lipinski definition) is 1. The quantitative estimate of drug-likeness (QED) is 0.745. The van der Waals surface area contributed by atoms with E-state index in [4.69, 9.17) is 4.42 Å². The van der Waals surface area contributed by atoms with Crippen LogP contribution < -0.4 is 10.9 Å². The van der Waals surface area contributed by atoms with Gasteiger partial charge in [0.05, 0.1) is 15.0 Å². The zero-order valence-corrected chi connectivity index (χ0v) is 13.3. The van der Waals surface area contributed by atoms with Crippen molar-refractivity contribution < 1.29 is 9.21 Å². The Morgan fingerprint density at radius 1 is 1.27 bits per heavy atom. The average Bonchev–Trinajstić information content (AvgIpc) is 2.93. The van der Waals surface area contributed by atoms with E-state index in [1.807, 2.05) is 18.2 Å². The summed E-state index contributed by atoms with van der Waals surface area (Å²) in [5.74, 6) is 0.407. The first-order valence-corrected chi connectivity index (χ1v) is 8.11. The molecular weight excluding hydrogens is 298 g/mol. The lowest BCUT2D eigenvalue weighted by atomic mass is 10.1. The molecular formula is C17H17NO3S. The smallest absolute Gasteiger partial charge is 0.345 e. The first kappa shape index (κ1) is 14.8. The van der Waals surface area contributed by atoms with Gasteiger partial charge in [-0.05, 0) is 30.5 Å². The molecule has 0 aliphatic rings. The highest BCUT2D eigenvalue weighted by molar-refractivity contribution is 7.21. The van der Waals surface area contributed by atoms with E-state index in [1.54, 1.807) is 12.1 Å². The Morgan fingerprint density at radius 3 is 2.82 bits per heavy atom. The van der Waals surface area contributed by atoms with Crippen LogP contribution in [0.4, 0.5) is 0 Å². The lowest BCUT2D eigenvalue weighted by Gasteiger charge is -2.05. The van der Waals surface area contributed by atoms with E-state index in [2.05, 4.69) is 19.2 Å². The Hall–Kier alpha value is -2.14. The van der Waals surface area contributed by atoms with Gasteiger partial charge in [0.1, 0.15) is 5.58 Å². The molecule has 5 heteroatoms. The van der Waals surface area contributed by atoms with Gasteiger partial charge in [-0.1, -0.05) is 26.0 Å². The van der Waals surface area contributed by atoms with E-state index in [0.717, 1.165) is 16.5 Å². The summed E-state index contributed by atoms with van der Waals surface area (Å²) in [6.45, 7) is 4.87. The van der Waals surface area contributed by atoms with Gasteiger partial charge in [0.15, 0.2) is 0 Å². The van der Waals surface area contributed by atoms with Gasteiger partial charge in [-0.2, -0.15) is 0 Å². The van der Waals surface area contributed by atoms with Gasteiger partial charge < -0.3 is 9.73 Å². The number of para-hydroxylation sites is 1. The molecule has 114 valence electrons. The third-order valence-corrected chi connectivity index (χ3v) is 4.68. The molecule has 0 radical (unpaired) electrons. The fraction of sp³-hybridized carbons (Fsp3) is 0.294.